The zero-order chi connectivity index (χ0) is 18.8. The number of hydrogen-bond acceptors (Lipinski definition) is 6. The number of methoxy groups -OCH3 is 2. The third-order valence-corrected chi connectivity index (χ3v) is 4.86. The maximum absolute atomic E-state index is 5.43. The highest BCUT2D eigenvalue weighted by molar-refractivity contribution is 7.84. The first-order valence-corrected chi connectivity index (χ1v) is 9.05. The third-order valence-electron chi connectivity index (χ3n) is 4.48. The molecule has 6 nitrogen and oxygen atoms in total. The summed E-state index contributed by atoms with van der Waals surface area (Å²) < 4.78 is 12.8. The summed E-state index contributed by atoms with van der Waals surface area (Å²) in [6.45, 7) is 0. The summed E-state index contributed by atoms with van der Waals surface area (Å²) in [7, 11) is 3.27. The topological polar surface area (TPSA) is 61.2 Å². The number of rotatable bonds is 5. The minimum absolute atomic E-state index is 0.567. The Hall–Kier alpha value is -2.93. The quantitative estimate of drug-likeness (QED) is 0.645. The second-order valence-corrected chi connectivity index (χ2v) is 6.74. The second kappa shape index (κ2) is 7.36. The number of benzene rings is 1. The Labute approximate surface area is 162 Å². The SMILES string of the molecule is COc1cc2ccn(-c3ccnc(NC4=CC=C(S)CC4)n3)c2cc1OC. The van der Waals surface area contributed by atoms with Gasteiger partial charge >= 0.3 is 0 Å². The molecule has 0 amide bonds. The van der Waals surface area contributed by atoms with Gasteiger partial charge in [0.25, 0.3) is 0 Å². The lowest BCUT2D eigenvalue weighted by atomic mass is 10.1. The molecule has 2 heterocycles. The number of fused-ring (bicyclic) bond motifs is 1. The van der Waals surface area contributed by atoms with Crippen molar-refractivity contribution < 1.29 is 9.47 Å². The molecule has 0 aliphatic heterocycles. The number of anilines is 1. The average molecular weight is 380 g/mol. The van der Waals surface area contributed by atoms with E-state index in [4.69, 9.17) is 9.47 Å². The van der Waals surface area contributed by atoms with Gasteiger partial charge in [-0.15, -0.1) is 12.6 Å². The van der Waals surface area contributed by atoms with Crippen LogP contribution in [0.4, 0.5) is 5.95 Å². The summed E-state index contributed by atoms with van der Waals surface area (Å²) in [5.74, 6) is 2.72. The minimum atomic E-state index is 0.567. The van der Waals surface area contributed by atoms with E-state index in [-0.39, 0.29) is 0 Å². The fraction of sp³-hybridized carbons (Fsp3) is 0.200. The van der Waals surface area contributed by atoms with E-state index in [0.29, 0.717) is 17.4 Å². The van der Waals surface area contributed by atoms with Gasteiger partial charge in [-0.25, -0.2) is 4.98 Å². The predicted octanol–water partition coefficient (Wildman–Crippen LogP) is 4.34. The van der Waals surface area contributed by atoms with Gasteiger partial charge < -0.3 is 19.4 Å². The summed E-state index contributed by atoms with van der Waals surface area (Å²) in [5.41, 5.74) is 2.06. The molecule has 0 spiro atoms. The number of allylic oxidation sites excluding steroid dienone is 4. The number of nitrogens with one attached hydrogen (secondary N) is 1. The van der Waals surface area contributed by atoms with Gasteiger partial charge in [-0.2, -0.15) is 4.98 Å². The van der Waals surface area contributed by atoms with Crippen molar-refractivity contribution in [3.8, 4) is 17.3 Å². The van der Waals surface area contributed by atoms with Crippen molar-refractivity contribution in [1.82, 2.24) is 14.5 Å². The van der Waals surface area contributed by atoms with Crippen LogP contribution in [-0.4, -0.2) is 28.8 Å². The van der Waals surface area contributed by atoms with Crippen LogP contribution in [0.15, 0.2) is 59.4 Å². The number of ether oxygens (including phenoxy) is 2. The van der Waals surface area contributed by atoms with Crippen LogP contribution in [0.5, 0.6) is 11.5 Å². The summed E-state index contributed by atoms with van der Waals surface area (Å²) in [4.78, 5) is 10.1. The largest absolute Gasteiger partial charge is 0.493 e. The molecule has 1 aromatic carbocycles. The van der Waals surface area contributed by atoms with E-state index < -0.39 is 0 Å². The monoisotopic (exact) mass is 380 g/mol. The van der Waals surface area contributed by atoms with Crippen molar-refractivity contribution in [1.29, 1.82) is 0 Å². The fourth-order valence-electron chi connectivity index (χ4n) is 3.08. The van der Waals surface area contributed by atoms with Crippen molar-refractivity contribution in [3.63, 3.8) is 0 Å². The normalized spacial score (nSPS) is 13.9. The van der Waals surface area contributed by atoms with Crippen LogP contribution in [0.2, 0.25) is 0 Å². The van der Waals surface area contributed by atoms with Gasteiger partial charge in [-0.1, -0.05) is 6.08 Å². The van der Waals surface area contributed by atoms with E-state index in [1.54, 1.807) is 20.4 Å². The number of aromatic nitrogens is 3. The third kappa shape index (κ3) is 3.50. The standard InChI is InChI=1S/C20H20N4O2S/c1-25-17-11-13-8-10-24(16(13)12-18(17)26-2)19-7-9-21-20(23-19)22-14-3-5-15(27)6-4-14/h3,5,7-12,27H,4,6H2,1-2H3,(H,21,22,23). The van der Waals surface area contributed by atoms with Gasteiger partial charge in [-0.3, -0.25) is 0 Å². The highest BCUT2D eigenvalue weighted by atomic mass is 32.1. The fourth-order valence-corrected chi connectivity index (χ4v) is 3.26. The molecule has 1 N–H and O–H groups in total. The molecule has 0 radical (unpaired) electrons. The molecule has 1 aliphatic carbocycles. The lowest BCUT2D eigenvalue weighted by molar-refractivity contribution is 0.356. The van der Waals surface area contributed by atoms with E-state index >= 15 is 0 Å². The summed E-state index contributed by atoms with van der Waals surface area (Å²) >= 11 is 4.38. The summed E-state index contributed by atoms with van der Waals surface area (Å²) in [6.07, 6.45) is 9.56. The van der Waals surface area contributed by atoms with Crippen molar-refractivity contribution in [2.75, 3.05) is 19.5 Å². The van der Waals surface area contributed by atoms with Crippen LogP contribution >= 0.6 is 12.6 Å². The van der Waals surface area contributed by atoms with Crippen LogP contribution in [0.1, 0.15) is 12.8 Å². The van der Waals surface area contributed by atoms with Gasteiger partial charge in [0.2, 0.25) is 5.95 Å². The molecule has 138 valence electrons. The Bertz CT molecular complexity index is 1060. The van der Waals surface area contributed by atoms with Gasteiger partial charge in [0.05, 0.1) is 19.7 Å². The first kappa shape index (κ1) is 17.5. The van der Waals surface area contributed by atoms with E-state index in [1.165, 1.54) is 0 Å². The van der Waals surface area contributed by atoms with E-state index in [9.17, 15) is 0 Å². The molecule has 0 fully saturated rings. The Kier molecular flexibility index (Phi) is 4.77. The Morgan fingerprint density at radius 2 is 1.89 bits per heavy atom. The summed E-state index contributed by atoms with van der Waals surface area (Å²) in [5, 5.41) is 4.34. The van der Waals surface area contributed by atoms with Gasteiger partial charge in [0, 0.05) is 29.5 Å². The lowest BCUT2D eigenvalue weighted by Crippen LogP contribution is -2.07. The molecular formula is C20H20N4O2S. The van der Waals surface area contributed by atoms with Crippen molar-refractivity contribution in [2.24, 2.45) is 0 Å². The number of thiol groups is 1. The van der Waals surface area contributed by atoms with E-state index in [0.717, 1.165) is 40.2 Å². The second-order valence-electron chi connectivity index (χ2n) is 6.17. The van der Waals surface area contributed by atoms with Crippen molar-refractivity contribution in [2.45, 2.75) is 12.8 Å². The number of nitrogens with zero attached hydrogens (tertiary/aromatic N) is 3. The van der Waals surface area contributed by atoms with Crippen LogP contribution in [-0.2, 0) is 0 Å². The molecule has 3 aromatic rings. The Morgan fingerprint density at radius 1 is 1.07 bits per heavy atom. The molecule has 27 heavy (non-hydrogen) atoms. The molecular weight excluding hydrogens is 360 g/mol. The molecule has 0 atom stereocenters. The first-order valence-electron chi connectivity index (χ1n) is 8.60. The zero-order valence-corrected chi connectivity index (χ0v) is 16.0. The highest BCUT2D eigenvalue weighted by Gasteiger charge is 2.12. The van der Waals surface area contributed by atoms with Gasteiger partial charge in [-0.05, 0) is 42.0 Å². The smallest absolute Gasteiger partial charge is 0.228 e. The molecule has 2 aromatic heterocycles. The van der Waals surface area contributed by atoms with Crippen molar-refractivity contribution >= 4 is 29.5 Å². The maximum Gasteiger partial charge on any atom is 0.228 e. The zero-order valence-electron chi connectivity index (χ0n) is 15.1. The molecule has 0 bridgehead atoms. The minimum Gasteiger partial charge on any atom is -0.493 e. The highest BCUT2D eigenvalue weighted by Crippen LogP contribution is 2.33. The summed E-state index contributed by atoms with van der Waals surface area (Å²) in [6, 6.07) is 7.81. The Balaban J connectivity index is 1.70. The van der Waals surface area contributed by atoms with Crippen LogP contribution < -0.4 is 14.8 Å². The molecule has 0 unspecified atom stereocenters. The maximum atomic E-state index is 5.43. The van der Waals surface area contributed by atoms with Crippen molar-refractivity contribution in [3.05, 3.63) is 59.4 Å². The molecule has 0 saturated heterocycles. The van der Waals surface area contributed by atoms with Gasteiger partial charge in [0.1, 0.15) is 5.82 Å². The van der Waals surface area contributed by atoms with Crippen LogP contribution in [0.25, 0.3) is 16.7 Å². The molecule has 7 heteroatoms. The van der Waals surface area contributed by atoms with E-state index in [1.807, 2.05) is 47.2 Å². The van der Waals surface area contributed by atoms with Gasteiger partial charge in [0.15, 0.2) is 11.5 Å². The van der Waals surface area contributed by atoms with E-state index in [2.05, 4.69) is 27.9 Å². The van der Waals surface area contributed by atoms with Crippen LogP contribution in [0, 0.1) is 0 Å². The number of hydrogen-bond donors (Lipinski definition) is 2. The Morgan fingerprint density at radius 3 is 2.63 bits per heavy atom. The van der Waals surface area contributed by atoms with Crippen LogP contribution in [0.3, 0.4) is 0 Å². The first-order chi connectivity index (χ1) is 13.2. The predicted molar refractivity (Wildman–Crippen MR) is 110 cm³/mol. The average Bonchev–Trinajstić information content (AvgIpc) is 3.11. The molecule has 0 saturated carbocycles. The molecule has 4 rings (SSSR count). The molecule has 1 aliphatic rings. The lowest BCUT2D eigenvalue weighted by Gasteiger charge is -2.14.